The summed E-state index contributed by atoms with van der Waals surface area (Å²) in [5.74, 6) is 1.74. The second-order valence-electron chi connectivity index (χ2n) is 5.33. The van der Waals surface area contributed by atoms with E-state index in [0.29, 0.717) is 18.3 Å². The van der Waals surface area contributed by atoms with Gasteiger partial charge in [0.1, 0.15) is 6.04 Å². The zero-order valence-corrected chi connectivity index (χ0v) is 11.2. The van der Waals surface area contributed by atoms with E-state index >= 15 is 0 Å². The summed E-state index contributed by atoms with van der Waals surface area (Å²) in [6.45, 7) is 1.45. The number of rotatable bonds is 4. The first-order valence-electron chi connectivity index (χ1n) is 6.92. The fraction of sp³-hybridized carbons (Fsp3) is 0.769. The van der Waals surface area contributed by atoms with Crippen LogP contribution in [0.15, 0.2) is 4.52 Å². The Hall–Kier alpha value is -1.43. The van der Waals surface area contributed by atoms with Crippen LogP contribution < -0.4 is 0 Å². The van der Waals surface area contributed by atoms with Crippen LogP contribution in [0.3, 0.4) is 0 Å². The summed E-state index contributed by atoms with van der Waals surface area (Å²) in [7, 11) is 1.44. The number of nitrogens with zero attached hydrogens (tertiary/aromatic N) is 3. The van der Waals surface area contributed by atoms with Gasteiger partial charge in [-0.05, 0) is 32.2 Å². The third kappa shape index (κ3) is 2.78. The van der Waals surface area contributed by atoms with Crippen molar-refractivity contribution in [3.05, 3.63) is 11.7 Å². The number of methoxy groups -OCH3 is 1. The fourth-order valence-corrected chi connectivity index (χ4v) is 2.59. The molecule has 1 aliphatic carbocycles. The lowest BCUT2D eigenvalue weighted by Gasteiger charge is -2.32. The number of esters is 1. The maximum atomic E-state index is 11.8. The van der Waals surface area contributed by atoms with Gasteiger partial charge in [0.15, 0.2) is 5.82 Å². The van der Waals surface area contributed by atoms with Gasteiger partial charge < -0.3 is 9.26 Å². The van der Waals surface area contributed by atoms with Crippen LogP contribution in [0, 0.1) is 0 Å². The van der Waals surface area contributed by atoms with E-state index in [1.807, 2.05) is 0 Å². The maximum absolute atomic E-state index is 11.8. The topological polar surface area (TPSA) is 68.5 Å². The fourth-order valence-electron chi connectivity index (χ4n) is 2.59. The Morgan fingerprint density at radius 3 is 3.00 bits per heavy atom. The van der Waals surface area contributed by atoms with Crippen molar-refractivity contribution >= 4 is 5.97 Å². The number of hydrogen-bond donors (Lipinski definition) is 0. The third-order valence-corrected chi connectivity index (χ3v) is 3.84. The van der Waals surface area contributed by atoms with E-state index in [2.05, 4.69) is 15.0 Å². The molecule has 1 saturated carbocycles. The van der Waals surface area contributed by atoms with Crippen LogP contribution in [-0.4, -0.2) is 40.7 Å². The van der Waals surface area contributed by atoms with Crippen molar-refractivity contribution in [2.45, 2.75) is 50.6 Å². The van der Waals surface area contributed by atoms with Gasteiger partial charge in [-0.1, -0.05) is 11.6 Å². The molecular weight excluding hydrogens is 246 g/mol. The standard InChI is InChI=1S/C13H19N3O3/c1-18-13(17)10-4-2-3-7-16(10)8-11-14-12(19-15-11)9-5-6-9/h9-10H,2-8H2,1H3/t10-/m1/s1. The molecule has 104 valence electrons. The number of likely N-dealkylation sites (tertiary alicyclic amines) is 1. The molecule has 1 aromatic rings. The van der Waals surface area contributed by atoms with Gasteiger partial charge in [0.2, 0.25) is 5.89 Å². The molecule has 19 heavy (non-hydrogen) atoms. The highest BCUT2D eigenvalue weighted by atomic mass is 16.5. The molecule has 0 N–H and O–H groups in total. The number of ether oxygens (including phenoxy) is 1. The van der Waals surface area contributed by atoms with Crippen LogP contribution in [0.25, 0.3) is 0 Å². The Morgan fingerprint density at radius 2 is 2.26 bits per heavy atom. The predicted octanol–water partition coefficient (Wildman–Crippen LogP) is 1.47. The number of piperidine rings is 1. The van der Waals surface area contributed by atoms with Crippen molar-refractivity contribution in [2.75, 3.05) is 13.7 Å². The highest BCUT2D eigenvalue weighted by Crippen LogP contribution is 2.38. The van der Waals surface area contributed by atoms with Gasteiger partial charge in [-0.2, -0.15) is 4.98 Å². The molecule has 0 unspecified atom stereocenters. The largest absolute Gasteiger partial charge is 0.468 e. The van der Waals surface area contributed by atoms with Gasteiger partial charge in [-0.3, -0.25) is 9.69 Å². The van der Waals surface area contributed by atoms with Gasteiger partial charge >= 0.3 is 5.97 Å². The lowest BCUT2D eigenvalue weighted by Crippen LogP contribution is -2.44. The molecule has 0 amide bonds. The van der Waals surface area contributed by atoms with Crippen molar-refractivity contribution < 1.29 is 14.1 Å². The van der Waals surface area contributed by atoms with Crippen LogP contribution in [0.2, 0.25) is 0 Å². The smallest absolute Gasteiger partial charge is 0.323 e. The number of carbonyl (C=O) groups is 1. The molecule has 2 fully saturated rings. The average Bonchev–Trinajstić information content (AvgIpc) is 3.19. The van der Waals surface area contributed by atoms with Gasteiger partial charge in [0.25, 0.3) is 0 Å². The minimum atomic E-state index is -0.165. The molecular formula is C13H19N3O3. The van der Waals surface area contributed by atoms with E-state index < -0.39 is 0 Å². The van der Waals surface area contributed by atoms with E-state index in [4.69, 9.17) is 9.26 Å². The minimum absolute atomic E-state index is 0.161. The molecule has 2 heterocycles. The van der Waals surface area contributed by atoms with Crippen molar-refractivity contribution in [1.82, 2.24) is 15.0 Å². The van der Waals surface area contributed by atoms with Crippen molar-refractivity contribution in [1.29, 1.82) is 0 Å². The Kier molecular flexibility index (Phi) is 3.50. The number of carbonyl (C=O) groups excluding carboxylic acids is 1. The van der Waals surface area contributed by atoms with Gasteiger partial charge in [0, 0.05) is 5.92 Å². The lowest BCUT2D eigenvalue weighted by atomic mass is 10.0. The van der Waals surface area contributed by atoms with Gasteiger partial charge in [-0.15, -0.1) is 0 Å². The first-order valence-corrected chi connectivity index (χ1v) is 6.92. The summed E-state index contributed by atoms with van der Waals surface area (Å²) < 4.78 is 10.1. The summed E-state index contributed by atoms with van der Waals surface area (Å²) >= 11 is 0. The summed E-state index contributed by atoms with van der Waals surface area (Å²) in [6, 6.07) is -0.165. The number of aromatic nitrogens is 2. The Bertz CT molecular complexity index is 456. The van der Waals surface area contributed by atoms with Gasteiger partial charge in [-0.25, -0.2) is 0 Å². The maximum Gasteiger partial charge on any atom is 0.323 e. The van der Waals surface area contributed by atoms with E-state index in [0.717, 1.165) is 44.5 Å². The van der Waals surface area contributed by atoms with E-state index in [1.165, 1.54) is 7.11 Å². The summed E-state index contributed by atoms with van der Waals surface area (Å²) in [6.07, 6.45) is 5.31. The molecule has 0 radical (unpaired) electrons. The first kappa shape index (κ1) is 12.6. The van der Waals surface area contributed by atoms with E-state index in [9.17, 15) is 4.79 Å². The molecule has 3 rings (SSSR count). The molecule has 6 heteroatoms. The van der Waals surface area contributed by atoms with Crippen LogP contribution >= 0.6 is 0 Å². The summed E-state index contributed by atoms with van der Waals surface area (Å²) in [5.41, 5.74) is 0. The lowest BCUT2D eigenvalue weighted by molar-refractivity contribution is -0.148. The molecule has 0 spiro atoms. The average molecular weight is 265 g/mol. The van der Waals surface area contributed by atoms with Crippen LogP contribution in [-0.2, 0) is 16.1 Å². The van der Waals surface area contributed by atoms with E-state index in [-0.39, 0.29) is 12.0 Å². The van der Waals surface area contributed by atoms with Crippen LogP contribution in [0.4, 0.5) is 0 Å². The third-order valence-electron chi connectivity index (χ3n) is 3.84. The molecule has 0 bridgehead atoms. The normalized spacial score (nSPS) is 24.4. The summed E-state index contributed by atoms with van der Waals surface area (Å²) in [4.78, 5) is 18.3. The summed E-state index contributed by atoms with van der Waals surface area (Å²) in [5, 5.41) is 4.01. The van der Waals surface area contributed by atoms with Crippen LogP contribution in [0.5, 0.6) is 0 Å². The first-order chi connectivity index (χ1) is 9.28. The molecule has 1 atom stereocenters. The molecule has 0 aromatic carbocycles. The molecule has 1 aromatic heterocycles. The Morgan fingerprint density at radius 1 is 1.42 bits per heavy atom. The molecule has 2 aliphatic rings. The SMILES string of the molecule is COC(=O)[C@H]1CCCCN1Cc1noc(C2CC2)n1. The van der Waals surface area contributed by atoms with Gasteiger partial charge in [0.05, 0.1) is 13.7 Å². The Balaban J connectivity index is 1.66. The second kappa shape index (κ2) is 5.28. The zero-order chi connectivity index (χ0) is 13.2. The highest BCUT2D eigenvalue weighted by Gasteiger charge is 2.32. The molecule has 1 aliphatic heterocycles. The predicted molar refractivity (Wildman–Crippen MR) is 66.3 cm³/mol. The van der Waals surface area contributed by atoms with Crippen LogP contribution in [0.1, 0.15) is 49.7 Å². The van der Waals surface area contributed by atoms with Crippen molar-refractivity contribution in [3.8, 4) is 0 Å². The second-order valence-corrected chi connectivity index (χ2v) is 5.33. The molecule has 1 saturated heterocycles. The number of hydrogen-bond acceptors (Lipinski definition) is 6. The highest BCUT2D eigenvalue weighted by molar-refractivity contribution is 5.75. The molecule has 6 nitrogen and oxygen atoms in total. The van der Waals surface area contributed by atoms with Crippen molar-refractivity contribution in [2.24, 2.45) is 0 Å². The zero-order valence-electron chi connectivity index (χ0n) is 11.2. The Labute approximate surface area is 112 Å². The van der Waals surface area contributed by atoms with E-state index in [1.54, 1.807) is 0 Å². The quantitative estimate of drug-likeness (QED) is 0.768. The minimum Gasteiger partial charge on any atom is -0.468 e. The monoisotopic (exact) mass is 265 g/mol. The van der Waals surface area contributed by atoms with Crippen molar-refractivity contribution in [3.63, 3.8) is 0 Å².